The van der Waals surface area contributed by atoms with Crippen LogP contribution >= 0.6 is 0 Å². The number of methoxy groups -OCH3 is 1. The summed E-state index contributed by atoms with van der Waals surface area (Å²) < 4.78 is 16.8. The summed E-state index contributed by atoms with van der Waals surface area (Å²) >= 11 is 0. The van der Waals surface area contributed by atoms with E-state index in [1.165, 1.54) is 0 Å². The molecule has 0 radical (unpaired) electrons. The Kier molecular flexibility index (Phi) is 4.55. The minimum atomic E-state index is -0.200. The first kappa shape index (κ1) is 16.9. The molecule has 7 nitrogen and oxygen atoms in total. The predicted octanol–water partition coefficient (Wildman–Crippen LogP) is 2.42. The van der Waals surface area contributed by atoms with Gasteiger partial charge in [0, 0.05) is 35.9 Å². The van der Waals surface area contributed by atoms with Crippen molar-refractivity contribution in [2.75, 3.05) is 25.6 Å². The van der Waals surface area contributed by atoms with E-state index < -0.39 is 0 Å². The molecule has 138 valence electrons. The summed E-state index contributed by atoms with van der Waals surface area (Å²) in [6.07, 6.45) is 1.34. The van der Waals surface area contributed by atoms with Gasteiger partial charge in [0.1, 0.15) is 30.6 Å². The lowest BCUT2D eigenvalue weighted by molar-refractivity contribution is 0.0731. The molecule has 7 heteroatoms. The topological polar surface area (TPSA) is 85.7 Å². The second-order valence-corrected chi connectivity index (χ2v) is 6.71. The highest BCUT2D eigenvalue weighted by atomic mass is 16.6. The average molecular weight is 357 g/mol. The fourth-order valence-corrected chi connectivity index (χ4v) is 3.35. The Hall–Kier alpha value is -2.54. The van der Waals surface area contributed by atoms with E-state index in [-0.39, 0.29) is 6.10 Å². The van der Waals surface area contributed by atoms with Crippen molar-refractivity contribution in [1.29, 1.82) is 0 Å². The molecule has 1 saturated carbocycles. The molecule has 0 saturated heterocycles. The van der Waals surface area contributed by atoms with Gasteiger partial charge in [0.05, 0.1) is 13.2 Å². The van der Waals surface area contributed by atoms with Crippen molar-refractivity contribution in [3.8, 4) is 17.2 Å². The smallest absolute Gasteiger partial charge is 0.165 e. The number of anilines is 1. The first-order valence-corrected chi connectivity index (χ1v) is 8.86. The summed E-state index contributed by atoms with van der Waals surface area (Å²) in [5, 5.41) is 12.9. The normalized spacial score (nSPS) is 21.0. The summed E-state index contributed by atoms with van der Waals surface area (Å²) in [7, 11) is 1.64. The summed E-state index contributed by atoms with van der Waals surface area (Å²) in [5.74, 6) is 4.00. The highest BCUT2D eigenvalue weighted by Gasteiger charge is 2.30. The number of aliphatic hydroxyl groups excluding tert-OH is 1. The van der Waals surface area contributed by atoms with Crippen LogP contribution < -0.4 is 19.5 Å². The van der Waals surface area contributed by atoms with Gasteiger partial charge >= 0.3 is 0 Å². The largest absolute Gasteiger partial charge is 0.496 e. The molecule has 2 aromatic rings. The molecule has 0 atom stereocenters. The fraction of sp³-hybridized carbons (Fsp3) is 0.474. The second-order valence-electron chi connectivity index (χ2n) is 6.71. The quantitative estimate of drug-likeness (QED) is 0.850. The van der Waals surface area contributed by atoms with E-state index in [1.807, 2.05) is 25.1 Å². The Balaban J connectivity index is 1.52. The van der Waals surface area contributed by atoms with Gasteiger partial charge in [-0.15, -0.1) is 0 Å². The molecule has 2 aliphatic rings. The molecule has 2 N–H and O–H groups in total. The van der Waals surface area contributed by atoms with Crippen LogP contribution in [0.1, 0.15) is 35.8 Å². The van der Waals surface area contributed by atoms with Gasteiger partial charge < -0.3 is 24.6 Å². The average Bonchev–Trinajstić information content (AvgIpc) is 2.62. The van der Waals surface area contributed by atoms with Gasteiger partial charge in [-0.25, -0.2) is 9.97 Å². The van der Waals surface area contributed by atoms with Gasteiger partial charge in [-0.2, -0.15) is 0 Å². The lowest BCUT2D eigenvalue weighted by Gasteiger charge is -2.31. The molecule has 1 aliphatic carbocycles. The van der Waals surface area contributed by atoms with E-state index in [2.05, 4.69) is 15.3 Å². The lowest BCUT2D eigenvalue weighted by Crippen LogP contribution is -2.27. The van der Waals surface area contributed by atoms with Crippen molar-refractivity contribution in [3.05, 3.63) is 35.3 Å². The van der Waals surface area contributed by atoms with Crippen molar-refractivity contribution >= 4 is 5.82 Å². The third-order valence-corrected chi connectivity index (χ3v) is 4.79. The molecule has 0 spiro atoms. The van der Waals surface area contributed by atoms with Crippen molar-refractivity contribution < 1.29 is 19.3 Å². The zero-order valence-electron chi connectivity index (χ0n) is 15.0. The van der Waals surface area contributed by atoms with Gasteiger partial charge in [0.2, 0.25) is 0 Å². The van der Waals surface area contributed by atoms with E-state index in [1.54, 1.807) is 7.11 Å². The molecule has 0 amide bonds. The summed E-state index contributed by atoms with van der Waals surface area (Å²) in [6.45, 7) is 3.53. The predicted molar refractivity (Wildman–Crippen MR) is 96.1 cm³/mol. The van der Waals surface area contributed by atoms with Crippen molar-refractivity contribution in [3.63, 3.8) is 0 Å². The first-order valence-electron chi connectivity index (χ1n) is 8.86. The van der Waals surface area contributed by atoms with Crippen LogP contribution in [0, 0.1) is 6.92 Å². The minimum Gasteiger partial charge on any atom is -0.496 e. The minimum absolute atomic E-state index is 0.200. The number of ether oxygens (including phenoxy) is 3. The zero-order valence-corrected chi connectivity index (χ0v) is 15.0. The van der Waals surface area contributed by atoms with Crippen LogP contribution in [0.3, 0.4) is 0 Å². The number of benzene rings is 1. The van der Waals surface area contributed by atoms with E-state index in [9.17, 15) is 5.11 Å². The third-order valence-electron chi connectivity index (χ3n) is 4.79. The Morgan fingerprint density at radius 1 is 1.15 bits per heavy atom. The molecular formula is C19H23N3O4. The standard InChI is InChI=1S/C19H23N3O4/c1-11-21-15(12-5-14(23)6-12)8-19(22-11)20-10-13-7-17-18(9-16(13)24-2)26-4-3-25-17/h7-9,12,14,23H,3-6,10H2,1-2H3,(H,20,21,22). The maximum Gasteiger partial charge on any atom is 0.165 e. The Morgan fingerprint density at radius 3 is 2.58 bits per heavy atom. The molecular weight excluding hydrogens is 334 g/mol. The van der Waals surface area contributed by atoms with Gasteiger partial charge in [-0.05, 0) is 25.8 Å². The van der Waals surface area contributed by atoms with Gasteiger partial charge in [0.15, 0.2) is 11.5 Å². The van der Waals surface area contributed by atoms with Gasteiger partial charge in [-0.3, -0.25) is 0 Å². The number of nitrogens with zero attached hydrogens (tertiary/aromatic N) is 2. The molecule has 1 fully saturated rings. The number of rotatable bonds is 5. The van der Waals surface area contributed by atoms with Crippen LogP contribution in [0.15, 0.2) is 18.2 Å². The van der Waals surface area contributed by atoms with Gasteiger partial charge in [-0.1, -0.05) is 0 Å². The maximum absolute atomic E-state index is 9.53. The monoisotopic (exact) mass is 357 g/mol. The molecule has 1 aromatic carbocycles. The molecule has 2 heterocycles. The Bertz CT molecular complexity index is 806. The third kappa shape index (κ3) is 3.39. The van der Waals surface area contributed by atoms with E-state index in [4.69, 9.17) is 14.2 Å². The maximum atomic E-state index is 9.53. The van der Waals surface area contributed by atoms with Crippen molar-refractivity contribution in [1.82, 2.24) is 9.97 Å². The molecule has 1 aromatic heterocycles. The molecule has 26 heavy (non-hydrogen) atoms. The first-order chi connectivity index (χ1) is 12.6. The fourth-order valence-electron chi connectivity index (χ4n) is 3.35. The number of hydrogen-bond acceptors (Lipinski definition) is 7. The van der Waals surface area contributed by atoms with Crippen molar-refractivity contribution in [2.24, 2.45) is 0 Å². The van der Waals surface area contributed by atoms with Crippen LogP contribution in [-0.2, 0) is 6.54 Å². The molecule has 0 unspecified atom stereocenters. The molecule has 4 rings (SSSR count). The number of aromatic nitrogens is 2. The Morgan fingerprint density at radius 2 is 1.88 bits per heavy atom. The van der Waals surface area contributed by atoms with E-state index >= 15 is 0 Å². The summed E-state index contributed by atoms with van der Waals surface area (Å²) in [6, 6.07) is 5.77. The van der Waals surface area contributed by atoms with Crippen LogP contribution in [0.4, 0.5) is 5.82 Å². The summed E-state index contributed by atoms with van der Waals surface area (Å²) in [5.41, 5.74) is 1.95. The second kappa shape index (κ2) is 6.99. The number of nitrogens with one attached hydrogen (secondary N) is 1. The van der Waals surface area contributed by atoms with Crippen LogP contribution in [0.5, 0.6) is 17.2 Å². The SMILES string of the molecule is COc1cc2c(cc1CNc1cc(C3CC(O)C3)nc(C)n1)OCCO2. The van der Waals surface area contributed by atoms with Crippen molar-refractivity contribution in [2.45, 2.75) is 38.3 Å². The molecule has 1 aliphatic heterocycles. The number of aliphatic hydroxyl groups is 1. The van der Waals surface area contributed by atoms with E-state index in [0.29, 0.717) is 31.4 Å². The Labute approximate surface area is 152 Å². The number of fused-ring (bicyclic) bond motifs is 1. The van der Waals surface area contributed by atoms with Crippen LogP contribution in [0.2, 0.25) is 0 Å². The number of hydrogen-bond donors (Lipinski definition) is 2. The van der Waals surface area contributed by atoms with Crippen LogP contribution in [-0.4, -0.2) is 41.5 Å². The highest BCUT2D eigenvalue weighted by molar-refractivity contribution is 5.52. The van der Waals surface area contributed by atoms with E-state index in [0.717, 1.165) is 47.2 Å². The zero-order chi connectivity index (χ0) is 18.1. The highest BCUT2D eigenvalue weighted by Crippen LogP contribution is 2.38. The lowest BCUT2D eigenvalue weighted by atomic mass is 9.80. The number of aryl methyl sites for hydroxylation is 1. The molecule has 0 bridgehead atoms. The van der Waals surface area contributed by atoms with Gasteiger partial charge in [0.25, 0.3) is 0 Å². The van der Waals surface area contributed by atoms with Crippen LogP contribution in [0.25, 0.3) is 0 Å². The summed E-state index contributed by atoms with van der Waals surface area (Å²) in [4.78, 5) is 8.98.